The first-order valence-electron chi connectivity index (χ1n) is 3.51. The van der Waals surface area contributed by atoms with Crippen LogP contribution in [0.2, 0.25) is 0 Å². The third-order valence-corrected chi connectivity index (χ3v) is 2.89. The van der Waals surface area contributed by atoms with E-state index in [2.05, 4.69) is 4.98 Å². The van der Waals surface area contributed by atoms with Gasteiger partial charge in [-0.3, -0.25) is 0 Å². The number of benzene rings is 1. The van der Waals surface area contributed by atoms with Gasteiger partial charge in [0.25, 0.3) is 5.51 Å². The first-order valence-corrected chi connectivity index (χ1v) is 4.86. The van der Waals surface area contributed by atoms with Gasteiger partial charge in [-0.15, -0.1) is 5.14 Å². The van der Waals surface area contributed by atoms with Crippen molar-refractivity contribution in [2.24, 2.45) is 0 Å². The summed E-state index contributed by atoms with van der Waals surface area (Å²) >= 11 is 0. The van der Waals surface area contributed by atoms with Crippen LogP contribution < -0.4 is 9.88 Å². The lowest BCUT2D eigenvalue weighted by Gasteiger charge is -1.94. The fourth-order valence-electron chi connectivity index (χ4n) is 1.09. The van der Waals surface area contributed by atoms with E-state index in [1.807, 2.05) is 18.2 Å². The first kappa shape index (κ1) is 7.52. The van der Waals surface area contributed by atoms with Gasteiger partial charge in [-0.25, -0.2) is 0 Å². The van der Waals surface area contributed by atoms with Crippen LogP contribution in [0.1, 0.15) is 0 Å². The monoisotopic (exact) mass is 181 g/mol. The van der Waals surface area contributed by atoms with Crippen molar-refractivity contribution in [2.45, 2.75) is 0 Å². The maximum Gasteiger partial charge on any atom is 0.252 e. The zero-order valence-corrected chi connectivity index (χ0v) is 7.47. The topological polar surface area (TPSA) is 48.1 Å². The van der Waals surface area contributed by atoms with Crippen LogP contribution in [0.5, 0.6) is 5.75 Å². The minimum atomic E-state index is -0.331. The lowest BCUT2D eigenvalue weighted by Crippen LogP contribution is -1.82. The summed E-state index contributed by atoms with van der Waals surface area (Å²) in [5.74, 6) is 0.835. The molecule has 0 spiro atoms. The molecule has 0 radical (unpaired) electrons. The molecule has 0 aliphatic carbocycles. The number of nitrogens with zero attached hydrogens (tertiary/aromatic N) is 1. The van der Waals surface area contributed by atoms with E-state index in [9.17, 15) is 0 Å². The van der Waals surface area contributed by atoms with Crippen molar-refractivity contribution < 1.29 is 4.74 Å². The van der Waals surface area contributed by atoms with E-state index in [-0.39, 0.29) is 10.7 Å². The molecule has 2 rings (SSSR count). The van der Waals surface area contributed by atoms with Gasteiger partial charge in [0.1, 0.15) is 11.3 Å². The predicted octanol–water partition coefficient (Wildman–Crippen LogP) is 1.71. The third kappa shape index (κ3) is 1.05. The van der Waals surface area contributed by atoms with E-state index in [0.717, 1.165) is 16.0 Å². The molecule has 1 heterocycles. The molecular formula is C8H9N2OS+. The smallest absolute Gasteiger partial charge is 0.252 e. The molecule has 12 heavy (non-hydrogen) atoms. The molecule has 1 unspecified atom stereocenters. The lowest BCUT2D eigenvalue weighted by atomic mass is 10.3. The van der Waals surface area contributed by atoms with Crippen LogP contribution in [-0.4, -0.2) is 12.1 Å². The average Bonchev–Trinajstić information content (AvgIpc) is 2.47. The highest BCUT2D eigenvalue weighted by Crippen LogP contribution is 2.27. The van der Waals surface area contributed by atoms with Gasteiger partial charge in [-0.05, 0) is 12.1 Å². The van der Waals surface area contributed by atoms with Crippen LogP contribution in [0.15, 0.2) is 23.7 Å². The molecule has 0 aliphatic rings. The van der Waals surface area contributed by atoms with Crippen LogP contribution in [0.4, 0.5) is 0 Å². The van der Waals surface area contributed by atoms with Gasteiger partial charge in [0, 0.05) is 6.07 Å². The molecule has 0 aliphatic heterocycles. The zero-order valence-electron chi connectivity index (χ0n) is 6.65. The standard InChI is InChI=1S/C8H9N2OS/c1-11-6-2-3-7-8(4-6)12(9)5-10-7/h2-5H,9H2,1H3/q+1. The van der Waals surface area contributed by atoms with Gasteiger partial charge in [0.2, 0.25) is 4.70 Å². The van der Waals surface area contributed by atoms with Crippen LogP contribution in [0.25, 0.3) is 10.2 Å². The van der Waals surface area contributed by atoms with Crippen molar-refractivity contribution in [2.75, 3.05) is 12.2 Å². The molecule has 0 saturated heterocycles. The Bertz CT molecular complexity index is 410. The van der Waals surface area contributed by atoms with Crippen LogP contribution in [-0.2, 0) is 0 Å². The fourth-order valence-corrected chi connectivity index (χ4v) is 2.04. The number of aromatic nitrogens is 1. The fraction of sp³-hybridized carbons (Fsp3) is 0.125. The van der Waals surface area contributed by atoms with Crippen molar-refractivity contribution >= 4 is 20.9 Å². The van der Waals surface area contributed by atoms with Gasteiger partial charge < -0.3 is 4.74 Å². The minimum absolute atomic E-state index is 0.331. The van der Waals surface area contributed by atoms with E-state index < -0.39 is 0 Å². The molecule has 1 aromatic carbocycles. The molecule has 2 N–H and O–H groups in total. The van der Waals surface area contributed by atoms with Gasteiger partial charge >= 0.3 is 0 Å². The minimum Gasteiger partial charge on any atom is -0.497 e. The maximum absolute atomic E-state index is 5.79. The summed E-state index contributed by atoms with van der Waals surface area (Å²) in [4.78, 5) is 4.16. The number of hydrogen-bond donors (Lipinski definition) is 1. The number of thiazole rings is 1. The van der Waals surface area contributed by atoms with Crippen LogP contribution in [0, 0.1) is 0 Å². The number of hydrogen-bond acceptors (Lipinski definition) is 3. The molecule has 2 aromatic rings. The normalized spacial score (nSPS) is 12.0. The molecule has 0 fully saturated rings. The zero-order chi connectivity index (χ0) is 8.55. The Hall–Kier alpha value is -1.13. The molecule has 1 aromatic heterocycles. The van der Waals surface area contributed by atoms with Gasteiger partial charge in [0.15, 0.2) is 0 Å². The highest BCUT2D eigenvalue weighted by Gasteiger charge is 2.10. The van der Waals surface area contributed by atoms with E-state index in [0.29, 0.717) is 0 Å². The summed E-state index contributed by atoms with van der Waals surface area (Å²) in [6.07, 6.45) is 0. The van der Waals surface area contributed by atoms with E-state index in [1.165, 1.54) is 0 Å². The van der Waals surface area contributed by atoms with Gasteiger partial charge in [0.05, 0.1) is 17.8 Å². The summed E-state index contributed by atoms with van der Waals surface area (Å²) in [5.41, 5.74) is 2.73. The number of nitrogens with two attached hydrogens (primary N) is 1. The summed E-state index contributed by atoms with van der Waals surface area (Å²) < 4.78 is 6.15. The Morgan fingerprint density at radius 3 is 3.08 bits per heavy atom. The number of fused-ring (bicyclic) bond motifs is 1. The predicted molar refractivity (Wildman–Crippen MR) is 50.9 cm³/mol. The Morgan fingerprint density at radius 1 is 1.50 bits per heavy atom. The molecule has 0 amide bonds. The number of ether oxygens (including phenoxy) is 1. The van der Waals surface area contributed by atoms with E-state index >= 15 is 0 Å². The molecule has 0 saturated carbocycles. The van der Waals surface area contributed by atoms with Crippen molar-refractivity contribution in [1.82, 2.24) is 4.98 Å². The van der Waals surface area contributed by atoms with Crippen LogP contribution >= 0.6 is 10.7 Å². The van der Waals surface area contributed by atoms with Crippen molar-refractivity contribution in [3.63, 3.8) is 0 Å². The average molecular weight is 181 g/mol. The third-order valence-electron chi connectivity index (χ3n) is 1.73. The molecular weight excluding hydrogens is 172 g/mol. The number of nitrogen functional groups attached to an aromatic ring is 1. The second-order valence-corrected chi connectivity index (χ2v) is 3.83. The number of rotatable bonds is 1. The second kappa shape index (κ2) is 2.73. The van der Waals surface area contributed by atoms with Crippen molar-refractivity contribution in [3.8, 4) is 5.75 Å². The Balaban J connectivity index is 2.71. The van der Waals surface area contributed by atoms with Gasteiger partial charge in [-0.1, -0.05) is 0 Å². The Morgan fingerprint density at radius 2 is 2.33 bits per heavy atom. The molecule has 1 atom stereocenters. The summed E-state index contributed by atoms with van der Waals surface area (Å²) in [6, 6.07) is 5.74. The SMILES string of the molecule is COc1ccc2nc[s+](N)c2c1. The highest BCUT2D eigenvalue weighted by atomic mass is 32.2. The Kier molecular flexibility index (Phi) is 1.71. The molecule has 4 heteroatoms. The Labute approximate surface area is 72.9 Å². The highest BCUT2D eigenvalue weighted by molar-refractivity contribution is 7.35. The van der Waals surface area contributed by atoms with E-state index in [4.69, 9.17) is 9.88 Å². The van der Waals surface area contributed by atoms with Gasteiger partial charge in [-0.2, -0.15) is 4.98 Å². The summed E-state index contributed by atoms with van der Waals surface area (Å²) in [5, 5.41) is 5.79. The van der Waals surface area contributed by atoms with Crippen LogP contribution in [0.3, 0.4) is 0 Å². The molecule has 0 bridgehead atoms. The van der Waals surface area contributed by atoms with Crippen molar-refractivity contribution in [1.29, 1.82) is 0 Å². The molecule has 62 valence electrons. The second-order valence-electron chi connectivity index (χ2n) is 2.44. The molecule has 3 nitrogen and oxygen atoms in total. The van der Waals surface area contributed by atoms with Crippen molar-refractivity contribution in [3.05, 3.63) is 23.7 Å². The van der Waals surface area contributed by atoms with E-state index in [1.54, 1.807) is 12.6 Å². The largest absolute Gasteiger partial charge is 0.497 e. The summed E-state index contributed by atoms with van der Waals surface area (Å²) in [6.45, 7) is 0. The maximum atomic E-state index is 5.79. The summed E-state index contributed by atoms with van der Waals surface area (Å²) in [7, 11) is 1.31. The first-order chi connectivity index (χ1) is 5.81. The lowest BCUT2D eigenvalue weighted by molar-refractivity contribution is 0.415. The quantitative estimate of drug-likeness (QED) is 0.681. The number of methoxy groups -OCH3 is 1.